The zero-order valence-corrected chi connectivity index (χ0v) is 14.1. The SMILES string of the molecule is CCNC(=NCCCC(=O)OCC)NCCC1=CCCCC1. The van der Waals surface area contributed by atoms with E-state index in [0.29, 0.717) is 19.6 Å². The Hall–Kier alpha value is -1.52. The molecule has 126 valence electrons. The maximum Gasteiger partial charge on any atom is 0.305 e. The first-order valence-electron chi connectivity index (χ1n) is 8.62. The molecule has 22 heavy (non-hydrogen) atoms. The lowest BCUT2D eigenvalue weighted by molar-refractivity contribution is -0.143. The molecule has 5 nitrogen and oxygen atoms in total. The third kappa shape index (κ3) is 8.70. The van der Waals surface area contributed by atoms with E-state index in [1.165, 1.54) is 25.7 Å². The van der Waals surface area contributed by atoms with E-state index in [9.17, 15) is 4.79 Å². The average Bonchev–Trinajstić information content (AvgIpc) is 2.53. The van der Waals surface area contributed by atoms with Crippen LogP contribution in [0.25, 0.3) is 0 Å². The van der Waals surface area contributed by atoms with Crippen molar-refractivity contribution in [1.29, 1.82) is 0 Å². The maximum atomic E-state index is 11.3. The van der Waals surface area contributed by atoms with E-state index in [0.717, 1.165) is 31.9 Å². The standard InChI is InChI=1S/C17H31N3O2/c1-3-18-17(19-13-8-11-16(21)22-4-2)20-14-12-15-9-6-5-7-10-15/h9H,3-8,10-14H2,1-2H3,(H2,18,19,20). The van der Waals surface area contributed by atoms with Gasteiger partial charge < -0.3 is 15.4 Å². The molecular formula is C17H31N3O2. The van der Waals surface area contributed by atoms with Gasteiger partial charge in [0.2, 0.25) is 0 Å². The van der Waals surface area contributed by atoms with Gasteiger partial charge >= 0.3 is 5.97 Å². The zero-order valence-electron chi connectivity index (χ0n) is 14.1. The van der Waals surface area contributed by atoms with Crippen LogP contribution >= 0.6 is 0 Å². The van der Waals surface area contributed by atoms with Gasteiger partial charge in [-0.1, -0.05) is 11.6 Å². The van der Waals surface area contributed by atoms with Crippen LogP contribution in [0.1, 0.15) is 58.8 Å². The van der Waals surface area contributed by atoms with Crippen molar-refractivity contribution in [2.24, 2.45) is 4.99 Å². The number of nitrogens with one attached hydrogen (secondary N) is 2. The normalized spacial score (nSPS) is 15.2. The number of allylic oxidation sites excluding steroid dienone is 1. The van der Waals surface area contributed by atoms with Crippen LogP contribution in [0.15, 0.2) is 16.6 Å². The number of carbonyl (C=O) groups excluding carboxylic acids is 1. The summed E-state index contributed by atoms with van der Waals surface area (Å²) in [5, 5.41) is 6.60. The van der Waals surface area contributed by atoms with E-state index in [-0.39, 0.29) is 5.97 Å². The predicted octanol–water partition coefficient (Wildman–Crippen LogP) is 2.78. The summed E-state index contributed by atoms with van der Waals surface area (Å²) in [7, 11) is 0. The number of carbonyl (C=O) groups is 1. The van der Waals surface area contributed by atoms with Gasteiger partial charge in [0.25, 0.3) is 0 Å². The predicted molar refractivity (Wildman–Crippen MR) is 91.0 cm³/mol. The molecule has 0 radical (unpaired) electrons. The number of nitrogens with zero attached hydrogens (tertiary/aromatic N) is 1. The molecule has 0 heterocycles. The highest BCUT2D eigenvalue weighted by molar-refractivity contribution is 5.79. The number of hydrogen-bond donors (Lipinski definition) is 2. The van der Waals surface area contributed by atoms with Crippen molar-refractivity contribution in [3.05, 3.63) is 11.6 Å². The highest BCUT2D eigenvalue weighted by Crippen LogP contribution is 2.19. The first kappa shape index (κ1) is 18.5. The minimum Gasteiger partial charge on any atom is -0.466 e. The fourth-order valence-corrected chi connectivity index (χ4v) is 2.46. The van der Waals surface area contributed by atoms with Crippen molar-refractivity contribution < 1.29 is 9.53 Å². The Morgan fingerprint density at radius 1 is 1.32 bits per heavy atom. The van der Waals surface area contributed by atoms with Gasteiger partial charge in [0.1, 0.15) is 0 Å². The van der Waals surface area contributed by atoms with Crippen LogP contribution in [0.2, 0.25) is 0 Å². The lowest BCUT2D eigenvalue weighted by Crippen LogP contribution is -2.38. The summed E-state index contributed by atoms with van der Waals surface area (Å²) in [5.74, 6) is 0.697. The van der Waals surface area contributed by atoms with Crippen molar-refractivity contribution in [3.8, 4) is 0 Å². The Balaban J connectivity index is 2.23. The minimum absolute atomic E-state index is 0.139. The molecule has 0 saturated heterocycles. The number of rotatable bonds is 9. The summed E-state index contributed by atoms with van der Waals surface area (Å²) in [6, 6.07) is 0. The van der Waals surface area contributed by atoms with E-state index >= 15 is 0 Å². The molecule has 2 N–H and O–H groups in total. The summed E-state index contributed by atoms with van der Waals surface area (Å²) in [6.45, 7) is 6.71. The van der Waals surface area contributed by atoms with Gasteiger partial charge in [-0.3, -0.25) is 9.79 Å². The molecule has 0 aromatic carbocycles. The van der Waals surface area contributed by atoms with Crippen LogP contribution < -0.4 is 10.6 Å². The fourth-order valence-electron chi connectivity index (χ4n) is 2.46. The molecule has 1 rings (SSSR count). The van der Waals surface area contributed by atoms with Crippen LogP contribution in [0, 0.1) is 0 Å². The molecule has 0 unspecified atom stereocenters. The second-order valence-corrected chi connectivity index (χ2v) is 5.45. The first-order valence-corrected chi connectivity index (χ1v) is 8.62. The summed E-state index contributed by atoms with van der Waals surface area (Å²) < 4.78 is 4.90. The fraction of sp³-hybridized carbons (Fsp3) is 0.765. The third-order valence-electron chi connectivity index (χ3n) is 3.58. The number of esters is 1. The van der Waals surface area contributed by atoms with Gasteiger partial charge in [0, 0.05) is 26.1 Å². The lowest BCUT2D eigenvalue weighted by Gasteiger charge is -2.15. The van der Waals surface area contributed by atoms with Gasteiger partial charge in [-0.15, -0.1) is 0 Å². The topological polar surface area (TPSA) is 62.7 Å². The third-order valence-corrected chi connectivity index (χ3v) is 3.58. The van der Waals surface area contributed by atoms with Crippen LogP contribution in [0.4, 0.5) is 0 Å². The number of aliphatic imine (C=N–C) groups is 1. The monoisotopic (exact) mass is 309 g/mol. The summed E-state index contributed by atoms with van der Waals surface area (Å²) >= 11 is 0. The second-order valence-electron chi connectivity index (χ2n) is 5.45. The van der Waals surface area contributed by atoms with Gasteiger partial charge in [-0.25, -0.2) is 0 Å². The van der Waals surface area contributed by atoms with Crippen molar-refractivity contribution in [3.63, 3.8) is 0 Å². The van der Waals surface area contributed by atoms with Gasteiger partial charge in [-0.2, -0.15) is 0 Å². The molecule has 0 atom stereocenters. The first-order chi connectivity index (χ1) is 10.8. The number of guanidine groups is 1. The van der Waals surface area contributed by atoms with E-state index < -0.39 is 0 Å². The second kappa shape index (κ2) is 12.1. The largest absolute Gasteiger partial charge is 0.466 e. The van der Waals surface area contributed by atoms with Crippen LogP contribution in [0.5, 0.6) is 0 Å². The van der Waals surface area contributed by atoms with Crippen molar-refractivity contribution in [2.75, 3.05) is 26.2 Å². The number of hydrogen-bond acceptors (Lipinski definition) is 3. The van der Waals surface area contributed by atoms with Crippen molar-refractivity contribution in [1.82, 2.24) is 10.6 Å². The van der Waals surface area contributed by atoms with E-state index in [1.807, 2.05) is 6.92 Å². The smallest absolute Gasteiger partial charge is 0.305 e. The maximum absolute atomic E-state index is 11.3. The lowest BCUT2D eigenvalue weighted by atomic mass is 9.97. The summed E-state index contributed by atoms with van der Waals surface area (Å²) in [5.41, 5.74) is 1.57. The molecule has 5 heteroatoms. The molecule has 0 aromatic rings. The molecule has 0 aromatic heterocycles. The van der Waals surface area contributed by atoms with E-state index in [1.54, 1.807) is 5.57 Å². The zero-order chi connectivity index (χ0) is 16.0. The molecule has 0 aliphatic heterocycles. The van der Waals surface area contributed by atoms with Crippen LogP contribution in [0.3, 0.4) is 0 Å². The Morgan fingerprint density at radius 3 is 2.86 bits per heavy atom. The minimum atomic E-state index is -0.139. The highest BCUT2D eigenvalue weighted by atomic mass is 16.5. The quantitative estimate of drug-likeness (QED) is 0.226. The Morgan fingerprint density at radius 2 is 2.18 bits per heavy atom. The van der Waals surface area contributed by atoms with Crippen LogP contribution in [-0.4, -0.2) is 38.2 Å². The molecular weight excluding hydrogens is 278 g/mol. The Labute approximate surface area is 134 Å². The Bertz CT molecular complexity index is 378. The molecule has 0 bridgehead atoms. The van der Waals surface area contributed by atoms with Gasteiger partial charge in [0.05, 0.1) is 6.61 Å². The highest BCUT2D eigenvalue weighted by Gasteiger charge is 2.04. The van der Waals surface area contributed by atoms with E-state index in [2.05, 4.69) is 28.6 Å². The summed E-state index contributed by atoms with van der Waals surface area (Å²) in [4.78, 5) is 15.7. The summed E-state index contributed by atoms with van der Waals surface area (Å²) in [6.07, 6.45) is 9.77. The molecule has 0 amide bonds. The average molecular weight is 309 g/mol. The van der Waals surface area contributed by atoms with Crippen molar-refractivity contribution in [2.45, 2.75) is 58.8 Å². The van der Waals surface area contributed by atoms with Gasteiger partial charge in [-0.05, 0) is 52.4 Å². The molecule has 1 aliphatic carbocycles. The molecule has 0 saturated carbocycles. The molecule has 0 fully saturated rings. The number of ether oxygens (including phenoxy) is 1. The van der Waals surface area contributed by atoms with E-state index in [4.69, 9.17) is 4.74 Å². The Kier molecular flexibility index (Phi) is 10.2. The molecule has 1 aliphatic rings. The van der Waals surface area contributed by atoms with Gasteiger partial charge in [0.15, 0.2) is 5.96 Å². The van der Waals surface area contributed by atoms with Crippen molar-refractivity contribution >= 4 is 11.9 Å². The van der Waals surface area contributed by atoms with Crippen LogP contribution in [-0.2, 0) is 9.53 Å². The molecule has 0 spiro atoms.